The van der Waals surface area contributed by atoms with Crippen molar-refractivity contribution >= 4 is 23.2 Å². The van der Waals surface area contributed by atoms with Crippen LogP contribution in [0.1, 0.15) is 66.0 Å². The van der Waals surface area contributed by atoms with Gasteiger partial charge in [-0.05, 0) is 37.5 Å². The zero-order valence-corrected chi connectivity index (χ0v) is 20.6. The van der Waals surface area contributed by atoms with Crippen molar-refractivity contribution < 1.29 is 13.9 Å². The van der Waals surface area contributed by atoms with Crippen LogP contribution in [0.15, 0.2) is 48.7 Å². The van der Waals surface area contributed by atoms with Gasteiger partial charge < -0.3 is 10.1 Å². The van der Waals surface area contributed by atoms with Crippen molar-refractivity contribution in [2.24, 2.45) is 0 Å². The third-order valence-electron chi connectivity index (χ3n) is 6.66. The number of fused-ring (bicyclic) bond motifs is 2. The maximum Gasteiger partial charge on any atom is 0.255 e. The van der Waals surface area contributed by atoms with Crippen LogP contribution in [0.2, 0.25) is 5.02 Å². The van der Waals surface area contributed by atoms with Gasteiger partial charge in [-0.3, -0.25) is 4.79 Å². The van der Waals surface area contributed by atoms with E-state index < -0.39 is 5.82 Å². The monoisotopic (exact) mass is 492 g/mol. The van der Waals surface area contributed by atoms with Crippen LogP contribution in [0, 0.1) is 12.7 Å². The SMILES string of the molecule is CCC(C)c1c(C(=O)N[C@H]2CCOc3ccccc32)cnc2c(-c3c(F)cccc3Cl)c(C)nn12. The number of halogens is 2. The first-order valence-corrected chi connectivity index (χ1v) is 12.1. The van der Waals surface area contributed by atoms with Gasteiger partial charge in [0.15, 0.2) is 5.65 Å². The molecule has 0 saturated heterocycles. The second kappa shape index (κ2) is 9.30. The van der Waals surface area contributed by atoms with Crippen LogP contribution in [-0.2, 0) is 0 Å². The van der Waals surface area contributed by atoms with E-state index in [0.717, 1.165) is 23.4 Å². The second-order valence-electron chi connectivity index (χ2n) is 8.86. The summed E-state index contributed by atoms with van der Waals surface area (Å²) in [6, 6.07) is 12.1. The molecule has 0 spiro atoms. The van der Waals surface area contributed by atoms with Crippen LogP contribution >= 0.6 is 11.6 Å². The second-order valence-corrected chi connectivity index (χ2v) is 9.27. The molecule has 1 aliphatic rings. The topological polar surface area (TPSA) is 68.5 Å². The van der Waals surface area contributed by atoms with Gasteiger partial charge >= 0.3 is 0 Å². The molecule has 1 amide bonds. The number of nitrogens with zero attached hydrogens (tertiary/aromatic N) is 3. The molecule has 1 unspecified atom stereocenters. The lowest BCUT2D eigenvalue weighted by Crippen LogP contribution is -2.33. The Morgan fingerprint density at radius 1 is 1.26 bits per heavy atom. The Kier molecular flexibility index (Phi) is 6.19. The molecule has 1 aliphatic heterocycles. The fraction of sp³-hybridized carbons (Fsp3) is 0.296. The molecule has 4 aromatic rings. The van der Waals surface area contributed by atoms with Crippen LogP contribution in [0.3, 0.4) is 0 Å². The minimum atomic E-state index is -0.442. The molecule has 35 heavy (non-hydrogen) atoms. The average molecular weight is 493 g/mol. The molecule has 8 heteroatoms. The number of ether oxygens (including phenoxy) is 1. The van der Waals surface area contributed by atoms with E-state index in [9.17, 15) is 9.18 Å². The Bertz CT molecular complexity index is 1410. The lowest BCUT2D eigenvalue weighted by molar-refractivity contribution is 0.0922. The number of aryl methyl sites for hydroxylation is 1. The molecule has 2 aromatic heterocycles. The van der Waals surface area contributed by atoms with Crippen molar-refractivity contribution in [3.63, 3.8) is 0 Å². The lowest BCUT2D eigenvalue weighted by atomic mass is 9.97. The Labute approximate surface area is 208 Å². The van der Waals surface area contributed by atoms with Crippen molar-refractivity contribution in [3.8, 4) is 16.9 Å². The zero-order chi connectivity index (χ0) is 24.7. The summed E-state index contributed by atoms with van der Waals surface area (Å²) >= 11 is 6.38. The summed E-state index contributed by atoms with van der Waals surface area (Å²) < 4.78 is 22.2. The van der Waals surface area contributed by atoms with Gasteiger partial charge in [0.1, 0.15) is 11.6 Å². The zero-order valence-electron chi connectivity index (χ0n) is 19.8. The largest absolute Gasteiger partial charge is 0.493 e. The predicted molar refractivity (Wildman–Crippen MR) is 134 cm³/mol. The molecule has 5 rings (SSSR count). The first kappa shape index (κ1) is 23.3. The number of aromatic nitrogens is 3. The molecular formula is C27H26ClFN4O2. The van der Waals surface area contributed by atoms with Crippen LogP contribution < -0.4 is 10.1 Å². The summed E-state index contributed by atoms with van der Waals surface area (Å²) in [7, 11) is 0. The van der Waals surface area contributed by atoms with E-state index in [-0.39, 0.29) is 28.5 Å². The average Bonchev–Trinajstić information content (AvgIpc) is 3.18. The number of amides is 1. The molecule has 180 valence electrons. The van der Waals surface area contributed by atoms with Gasteiger partial charge in [-0.25, -0.2) is 13.9 Å². The summed E-state index contributed by atoms with van der Waals surface area (Å²) in [5.74, 6) is 0.123. The molecule has 0 radical (unpaired) electrons. The number of benzene rings is 2. The van der Waals surface area contributed by atoms with E-state index in [1.807, 2.05) is 31.2 Å². The van der Waals surface area contributed by atoms with Gasteiger partial charge in [-0.2, -0.15) is 5.10 Å². The minimum Gasteiger partial charge on any atom is -0.493 e. The van der Waals surface area contributed by atoms with Crippen molar-refractivity contribution in [2.75, 3.05) is 6.61 Å². The van der Waals surface area contributed by atoms with Crippen molar-refractivity contribution in [1.29, 1.82) is 0 Å². The number of carbonyl (C=O) groups is 1. The molecule has 0 saturated carbocycles. The summed E-state index contributed by atoms with van der Waals surface area (Å²) in [6.07, 6.45) is 3.03. The molecule has 1 N–H and O–H groups in total. The standard InChI is InChI=1S/C27H26ClFN4O2/c1-4-15(2)25-18(27(34)31-21-12-13-35-22-11-6-5-8-17(21)22)14-30-26-23(16(3)32-33(25)26)24-19(28)9-7-10-20(24)29/h5-11,14-15,21H,4,12-13H2,1-3H3,(H,31,34)/t15?,21-/m0/s1. The Morgan fingerprint density at radius 3 is 2.83 bits per heavy atom. The van der Waals surface area contributed by atoms with Gasteiger partial charge in [0.2, 0.25) is 0 Å². The molecule has 2 aromatic carbocycles. The normalized spacial score (nSPS) is 16.0. The molecular weight excluding hydrogens is 467 g/mol. The van der Waals surface area contributed by atoms with Crippen LogP contribution in [0.4, 0.5) is 4.39 Å². The van der Waals surface area contributed by atoms with E-state index in [2.05, 4.69) is 17.2 Å². The highest BCUT2D eigenvalue weighted by Gasteiger charge is 2.28. The summed E-state index contributed by atoms with van der Waals surface area (Å²) in [5.41, 5.74) is 3.99. The quantitative estimate of drug-likeness (QED) is 0.357. The first-order valence-electron chi connectivity index (χ1n) is 11.8. The fourth-order valence-electron chi connectivity index (χ4n) is 4.71. The number of para-hydroxylation sites is 1. The Hall–Kier alpha value is -3.45. The maximum absolute atomic E-state index is 14.8. The molecule has 0 bridgehead atoms. The van der Waals surface area contributed by atoms with Crippen molar-refractivity contribution in [2.45, 2.75) is 45.6 Å². The van der Waals surface area contributed by atoms with Crippen molar-refractivity contribution in [1.82, 2.24) is 19.9 Å². The van der Waals surface area contributed by atoms with Gasteiger partial charge in [0.25, 0.3) is 5.91 Å². The highest BCUT2D eigenvalue weighted by atomic mass is 35.5. The fourth-order valence-corrected chi connectivity index (χ4v) is 4.97. The van der Waals surface area contributed by atoms with E-state index >= 15 is 0 Å². The number of carbonyl (C=O) groups excluding carboxylic acids is 1. The number of rotatable bonds is 5. The molecule has 0 fully saturated rings. The highest BCUT2D eigenvalue weighted by Crippen LogP contribution is 2.37. The molecule has 2 atom stereocenters. The van der Waals surface area contributed by atoms with Gasteiger partial charge in [-0.15, -0.1) is 0 Å². The summed E-state index contributed by atoms with van der Waals surface area (Å²) in [6.45, 7) is 6.43. The lowest BCUT2D eigenvalue weighted by Gasteiger charge is -2.27. The van der Waals surface area contributed by atoms with E-state index in [1.54, 1.807) is 29.8 Å². The number of hydrogen-bond donors (Lipinski definition) is 1. The third-order valence-corrected chi connectivity index (χ3v) is 6.97. The smallest absolute Gasteiger partial charge is 0.255 e. The van der Waals surface area contributed by atoms with Gasteiger partial charge in [-0.1, -0.05) is 49.7 Å². The van der Waals surface area contributed by atoms with Gasteiger partial charge in [0, 0.05) is 23.7 Å². The molecule has 0 aliphatic carbocycles. The van der Waals surface area contributed by atoms with E-state index in [1.165, 1.54) is 6.07 Å². The summed E-state index contributed by atoms with van der Waals surface area (Å²) in [4.78, 5) is 18.1. The summed E-state index contributed by atoms with van der Waals surface area (Å²) in [5, 5.41) is 8.15. The van der Waals surface area contributed by atoms with Crippen molar-refractivity contribution in [3.05, 3.63) is 82.0 Å². The third kappa shape index (κ3) is 4.04. The Morgan fingerprint density at radius 2 is 2.06 bits per heavy atom. The number of nitrogens with one attached hydrogen (secondary N) is 1. The molecule has 3 heterocycles. The first-order chi connectivity index (χ1) is 16.9. The van der Waals surface area contributed by atoms with Crippen LogP contribution in [0.5, 0.6) is 5.75 Å². The highest BCUT2D eigenvalue weighted by molar-refractivity contribution is 6.33. The van der Waals surface area contributed by atoms with E-state index in [4.69, 9.17) is 21.4 Å². The van der Waals surface area contributed by atoms with Crippen LogP contribution in [-0.4, -0.2) is 27.1 Å². The van der Waals surface area contributed by atoms with E-state index in [0.29, 0.717) is 35.5 Å². The van der Waals surface area contributed by atoms with Gasteiger partial charge in [0.05, 0.1) is 40.2 Å². The Balaban J connectivity index is 1.62. The minimum absolute atomic E-state index is 0.00599. The maximum atomic E-state index is 14.8. The van der Waals surface area contributed by atoms with Crippen LogP contribution in [0.25, 0.3) is 16.8 Å². The number of hydrogen-bond acceptors (Lipinski definition) is 4. The molecule has 6 nitrogen and oxygen atoms in total. The predicted octanol–water partition coefficient (Wildman–Crippen LogP) is 6.26.